The van der Waals surface area contributed by atoms with E-state index in [1.54, 1.807) is 0 Å². The van der Waals surface area contributed by atoms with Crippen LogP contribution in [0.1, 0.15) is 0 Å². The lowest BCUT2D eigenvalue weighted by atomic mass is 10.0. The second kappa shape index (κ2) is 13.8. The van der Waals surface area contributed by atoms with Crippen LogP contribution in [0.15, 0.2) is 224 Å². The van der Waals surface area contributed by atoms with Gasteiger partial charge in [0.1, 0.15) is 0 Å². The molecule has 0 fully saturated rings. The van der Waals surface area contributed by atoms with E-state index in [0.29, 0.717) is 0 Å². The molecule has 0 atom stereocenters. The summed E-state index contributed by atoms with van der Waals surface area (Å²) in [5, 5.41) is 2.47. The lowest BCUT2D eigenvalue weighted by Gasteiger charge is -2.25. The molecule has 0 unspecified atom stereocenters. The Labute approximate surface area is 346 Å². The largest absolute Gasteiger partial charge is 0.310 e. The molecule has 0 bridgehead atoms. The molecule has 3 aromatic heterocycles. The number of imidazole rings is 2. The van der Waals surface area contributed by atoms with Crippen LogP contribution in [0.2, 0.25) is 0 Å². The number of nitrogens with zero attached hydrogens (tertiary/aromatic N) is 5. The van der Waals surface area contributed by atoms with Crippen molar-refractivity contribution >= 4 is 66.7 Å². The quantitative estimate of drug-likeness (QED) is 0.162. The van der Waals surface area contributed by atoms with Crippen molar-refractivity contribution in [1.82, 2.24) is 18.5 Å². The second-order valence-corrected chi connectivity index (χ2v) is 15.3. The van der Waals surface area contributed by atoms with E-state index in [9.17, 15) is 0 Å². The third-order valence-corrected chi connectivity index (χ3v) is 11.8. The summed E-state index contributed by atoms with van der Waals surface area (Å²) in [4.78, 5) is 7.66. The van der Waals surface area contributed by atoms with Crippen LogP contribution in [0.3, 0.4) is 0 Å². The number of anilines is 3. The van der Waals surface area contributed by atoms with Crippen molar-refractivity contribution < 1.29 is 0 Å². The van der Waals surface area contributed by atoms with Gasteiger partial charge in [-0.3, -0.25) is 8.97 Å². The Kier molecular flexibility index (Phi) is 7.78. The second-order valence-electron chi connectivity index (χ2n) is 15.3. The molecule has 5 heteroatoms. The highest BCUT2D eigenvalue weighted by atomic mass is 15.2. The first-order valence-corrected chi connectivity index (χ1v) is 20.4. The third kappa shape index (κ3) is 5.44. The maximum Gasteiger partial charge on any atom is 0.220 e. The molecule has 0 aliphatic heterocycles. The van der Waals surface area contributed by atoms with Gasteiger partial charge in [0, 0.05) is 39.2 Å². The van der Waals surface area contributed by atoms with E-state index >= 15 is 0 Å². The molecule has 5 nitrogen and oxygen atoms in total. The van der Waals surface area contributed by atoms with E-state index in [0.717, 1.165) is 61.8 Å². The summed E-state index contributed by atoms with van der Waals surface area (Å²) in [6.45, 7) is 0. The summed E-state index contributed by atoms with van der Waals surface area (Å²) in [5.74, 6) is 0.875. The minimum Gasteiger partial charge on any atom is -0.310 e. The zero-order valence-electron chi connectivity index (χ0n) is 32.6. The molecule has 60 heavy (non-hydrogen) atoms. The Morgan fingerprint density at radius 1 is 0.317 bits per heavy atom. The van der Waals surface area contributed by atoms with Crippen LogP contribution in [0, 0.1) is 0 Å². The standard InChI is InChI=1S/C55H37N5/c1-5-15-38(16-6-1)39-25-29-45(30-26-39)57(42-17-7-2-8-18-42)46-31-32-49-53(37-46)60-54-36-41(28-34-52(54)59(55(60)56-49)44-21-11-4-12-22-44)40-27-33-51-48(35-40)47-23-13-14-24-50(47)58(51)43-19-9-3-10-20-43/h1-37H. The fourth-order valence-corrected chi connectivity index (χ4v) is 9.05. The van der Waals surface area contributed by atoms with Crippen LogP contribution >= 0.6 is 0 Å². The van der Waals surface area contributed by atoms with Gasteiger partial charge in [-0.05, 0) is 119 Å². The number of para-hydroxylation sites is 4. The first kappa shape index (κ1) is 33.9. The highest BCUT2D eigenvalue weighted by Gasteiger charge is 2.21. The average Bonchev–Trinajstić information content (AvgIpc) is 3.97. The van der Waals surface area contributed by atoms with Crippen molar-refractivity contribution in [2.45, 2.75) is 0 Å². The molecule has 0 aliphatic rings. The number of hydrogen-bond donors (Lipinski definition) is 0. The molecule has 3 heterocycles. The zero-order chi connectivity index (χ0) is 39.6. The van der Waals surface area contributed by atoms with Crippen molar-refractivity contribution in [2.75, 3.05) is 4.90 Å². The summed E-state index contributed by atoms with van der Waals surface area (Å²) < 4.78 is 6.99. The van der Waals surface area contributed by atoms with Crippen molar-refractivity contribution in [1.29, 1.82) is 0 Å². The Bertz CT molecular complexity index is 3510. The molecule has 282 valence electrons. The maximum atomic E-state index is 5.33. The van der Waals surface area contributed by atoms with Crippen LogP contribution in [0.25, 0.3) is 83.3 Å². The molecule has 12 rings (SSSR count). The van der Waals surface area contributed by atoms with Gasteiger partial charge in [-0.2, -0.15) is 0 Å². The fraction of sp³-hybridized carbons (Fsp3) is 0. The molecular weight excluding hydrogens is 731 g/mol. The SMILES string of the molecule is c1ccc(-c2ccc(N(c3ccccc3)c3ccc4nc5n(-c6ccccc6)c6ccc(-c7ccc8c(c7)c7ccccc7n8-c7ccccc7)cc6n5c4c3)cc2)cc1. The summed E-state index contributed by atoms with van der Waals surface area (Å²) in [6.07, 6.45) is 0. The first-order chi connectivity index (χ1) is 29.8. The Hall–Kier alpha value is -8.15. The molecule has 0 saturated heterocycles. The number of aromatic nitrogens is 4. The number of benzene rings is 9. The number of hydrogen-bond acceptors (Lipinski definition) is 2. The molecule has 0 saturated carbocycles. The van der Waals surface area contributed by atoms with E-state index in [-0.39, 0.29) is 0 Å². The van der Waals surface area contributed by atoms with E-state index < -0.39 is 0 Å². The van der Waals surface area contributed by atoms with Gasteiger partial charge in [0.05, 0.1) is 33.1 Å². The predicted octanol–water partition coefficient (Wildman–Crippen LogP) is 14.3. The Morgan fingerprint density at radius 3 is 1.58 bits per heavy atom. The lowest BCUT2D eigenvalue weighted by molar-refractivity contribution is 1.11. The molecule has 9 aromatic carbocycles. The van der Waals surface area contributed by atoms with Gasteiger partial charge in [-0.1, -0.05) is 127 Å². The van der Waals surface area contributed by atoms with Gasteiger partial charge in [0.15, 0.2) is 0 Å². The molecule has 12 aromatic rings. The zero-order valence-corrected chi connectivity index (χ0v) is 32.6. The molecular formula is C55H37N5. The molecule has 0 radical (unpaired) electrons. The molecule has 0 N–H and O–H groups in total. The summed E-state index contributed by atoms with van der Waals surface area (Å²) >= 11 is 0. The van der Waals surface area contributed by atoms with Crippen molar-refractivity contribution in [2.24, 2.45) is 0 Å². The minimum absolute atomic E-state index is 0.875. The van der Waals surface area contributed by atoms with Gasteiger partial charge < -0.3 is 9.47 Å². The van der Waals surface area contributed by atoms with Crippen LogP contribution in [0.5, 0.6) is 0 Å². The summed E-state index contributed by atoms with van der Waals surface area (Å²) in [6, 6.07) is 80.3. The van der Waals surface area contributed by atoms with Gasteiger partial charge in [-0.15, -0.1) is 0 Å². The maximum absolute atomic E-state index is 5.33. The number of fused-ring (bicyclic) bond motifs is 8. The van der Waals surface area contributed by atoms with Gasteiger partial charge in [0.25, 0.3) is 0 Å². The van der Waals surface area contributed by atoms with Crippen LogP contribution in [0.4, 0.5) is 17.1 Å². The highest BCUT2D eigenvalue weighted by molar-refractivity contribution is 6.10. The van der Waals surface area contributed by atoms with Crippen LogP contribution in [-0.2, 0) is 0 Å². The Morgan fingerprint density at radius 2 is 0.850 bits per heavy atom. The Balaban J connectivity index is 1.05. The van der Waals surface area contributed by atoms with Crippen molar-refractivity contribution in [3.63, 3.8) is 0 Å². The summed E-state index contributed by atoms with van der Waals surface area (Å²) in [5.41, 5.74) is 16.7. The summed E-state index contributed by atoms with van der Waals surface area (Å²) in [7, 11) is 0. The van der Waals surface area contributed by atoms with Crippen molar-refractivity contribution in [3.05, 3.63) is 224 Å². The molecule has 0 spiro atoms. The van der Waals surface area contributed by atoms with E-state index in [1.807, 2.05) is 0 Å². The smallest absolute Gasteiger partial charge is 0.220 e. The van der Waals surface area contributed by atoms with Crippen LogP contribution in [-0.4, -0.2) is 18.5 Å². The van der Waals surface area contributed by atoms with E-state index in [2.05, 4.69) is 243 Å². The van der Waals surface area contributed by atoms with Gasteiger partial charge in [-0.25, -0.2) is 4.98 Å². The topological polar surface area (TPSA) is 30.4 Å². The molecule has 0 aliphatic carbocycles. The fourth-order valence-electron chi connectivity index (χ4n) is 9.05. The van der Waals surface area contributed by atoms with Crippen molar-refractivity contribution in [3.8, 4) is 33.6 Å². The van der Waals surface area contributed by atoms with E-state index in [4.69, 9.17) is 4.98 Å². The highest BCUT2D eigenvalue weighted by Crippen LogP contribution is 2.40. The van der Waals surface area contributed by atoms with Crippen LogP contribution < -0.4 is 4.90 Å². The monoisotopic (exact) mass is 767 g/mol. The average molecular weight is 768 g/mol. The van der Waals surface area contributed by atoms with E-state index in [1.165, 1.54) is 38.5 Å². The normalized spacial score (nSPS) is 11.7. The van der Waals surface area contributed by atoms with Gasteiger partial charge in [0.2, 0.25) is 5.78 Å². The molecule has 0 amide bonds. The first-order valence-electron chi connectivity index (χ1n) is 20.4. The van der Waals surface area contributed by atoms with Gasteiger partial charge >= 0.3 is 0 Å². The number of rotatable bonds is 7. The predicted molar refractivity (Wildman–Crippen MR) is 249 cm³/mol. The minimum atomic E-state index is 0.875. The third-order valence-electron chi connectivity index (χ3n) is 11.8. The lowest BCUT2D eigenvalue weighted by Crippen LogP contribution is -2.09.